The number of carbonyl (C=O) groups excluding carboxylic acids is 4. The number of ether oxygens (including phenoxy) is 1. The molecule has 4 aromatic rings. The summed E-state index contributed by atoms with van der Waals surface area (Å²) in [6.07, 6.45) is 0. The fourth-order valence-electron chi connectivity index (χ4n) is 5.11. The standard InChI is InChI=1S/C32H28N2O5/c1-31(2,3)39-27(35)21-33-30(38)34(28(36)26-20-12-14-22-13-10-11-19-25(22)26)29(37)32(33,23-15-6-4-7-16-23)24-17-8-5-9-18-24/h4-20H,21H2,1-3H3. The molecule has 0 radical (unpaired) electrons. The number of benzene rings is 4. The molecule has 0 saturated carbocycles. The average molecular weight is 521 g/mol. The molecule has 0 spiro atoms. The maximum Gasteiger partial charge on any atom is 0.335 e. The zero-order chi connectivity index (χ0) is 27.8. The molecule has 39 heavy (non-hydrogen) atoms. The molecule has 196 valence electrons. The molecule has 0 aromatic heterocycles. The molecule has 0 atom stereocenters. The second kappa shape index (κ2) is 9.83. The Balaban J connectivity index is 1.72. The van der Waals surface area contributed by atoms with Gasteiger partial charge in [-0.2, -0.15) is 4.90 Å². The van der Waals surface area contributed by atoms with Gasteiger partial charge < -0.3 is 4.74 Å². The lowest BCUT2D eigenvalue weighted by molar-refractivity contribution is -0.156. The molecule has 1 aliphatic heterocycles. The molecular formula is C32H28N2O5. The number of amides is 4. The van der Waals surface area contributed by atoms with Gasteiger partial charge in [0, 0.05) is 5.56 Å². The second-order valence-corrected chi connectivity index (χ2v) is 10.4. The number of hydrogen-bond acceptors (Lipinski definition) is 5. The Morgan fingerprint density at radius 2 is 1.28 bits per heavy atom. The summed E-state index contributed by atoms with van der Waals surface area (Å²) >= 11 is 0. The van der Waals surface area contributed by atoms with Gasteiger partial charge in [-0.1, -0.05) is 97.1 Å². The van der Waals surface area contributed by atoms with Crippen molar-refractivity contribution in [3.63, 3.8) is 0 Å². The van der Waals surface area contributed by atoms with Crippen LogP contribution in [0.2, 0.25) is 0 Å². The predicted octanol–water partition coefficient (Wildman–Crippen LogP) is 5.53. The molecule has 0 N–H and O–H groups in total. The molecule has 7 nitrogen and oxygen atoms in total. The highest BCUT2D eigenvalue weighted by atomic mass is 16.6. The van der Waals surface area contributed by atoms with E-state index in [4.69, 9.17) is 4.74 Å². The number of nitrogens with zero attached hydrogens (tertiary/aromatic N) is 2. The van der Waals surface area contributed by atoms with Gasteiger partial charge in [0.1, 0.15) is 12.1 Å². The third kappa shape index (κ3) is 4.46. The first-order chi connectivity index (χ1) is 18.6. The summed E-state index contributed by atoms with van der Waals surface area (Å²) in [6, 6.07) is 29.0. The van der Waals surface area contributed by atoms with Crippen molar-refractivity contribution >= 4 is 34.6 Å². The van der Waals surface area contributed by atoms with E-state index in [1.165, 1.54) is 0 Å². The smallest absolute Gasteiger partial charge is 0.335 e. The SMILES string of the molecule is CC(C)(C)OC(=O)CN1C(=O)N(C(=O)c2cccc3ccccc23)C(=O)C1(c1ccccc1)c1ccccc1. The largest absolute Gasteiger partial charge is 0.459 e. The zero-order valence-electron chi connectivity index (χ0n) is 22.0. The van der Waals surface area contributed by atoms with E-state index in [1.807, 2.05) is 18.2 Å². The summed E-state index contributed by atoms with van der Waals surface area (Å²) < 4.78 is 5.54. The number of esters is 1. The lowest BCUT2D eigenvalue weighted by atomic mass is 9.81. The lowest BCUT2D eigenvalue weighted by Gasteiger charge is -2.36. The molecule has 1 saturated heterocycles. The molecule has 4 amide bonds. The van der Waals surface area contributed by atoms with Gasteiger partial charge in [0.2, 0.25) is 0 Å². The lowest BCUT2D eigenvalue weighted by Crippen LogP contribution is -2.50. The van der Waals surface area contributed by atoms with Crippen LogP contribution in [0.5, 0.6) is 0 Å². The van der Waals surface area contributed by atoms with Crippen molar-refractivity contribution < 1.29 is 23.9 Å². The van der Waals surface area contributed by atoms with Gasteiger partial charge in [-0.05, 0) is 48.7 Å². The summed E-state index contributed by atoms with van der Waals surface area (Å²) in [5, 5.41) is 1.41. The van der Waals surface area contributed by atoms with Gasteiger partial charge in [-0.3, -0.25) is 19.3 Å². The van der Waals surface area contributed by atoms with Crippen LogP contribution >= 0.6 is 0 Å². The van der Waals surface area contributed by atoms with Crippen LogP contribution < -0.4 is 0 Å². The van der Waals surface area contributed by atoms with Crippen LogP contribution in [0.25, 0.3) is 10.8 Å². The molecule has 5 rings (SSSR count). The van der Waals surface area contributed by atoms with Gasteiger partial charge in [0.05, 0.1) is 0 Å². The van der Waals surface area contributed by atoms with E-state index in [1.54, 1.807) is 106 Å². The van der Waals surface area contributed by atoms with Crippen molar-refractivity contribution in [2.75, 3.05) is 6.54 Å². The fourth-order valence-corrected chi connectivity index (χ4v) is 5.11. The molecule has 0 bridgehead atoms. The average Bonchev–Trinajstić information content (AvgIpc) is 3.14. The highest BCUT2D eigenvalue weighted by molar-refractivity contribution is 6.25. The minimum absolute atomic E-state index is 0.212. The van der Waals surface area contributed by atoms with Crippen LogP contribution in [-0.4, -0.2) is 45.8 Å². The maximum absolute atomic E-state index is 14.6. The van der Waals surface area contributed by atoms with Crippen molar-refractivity contribution in [1.29, 1.82) is 0 Å². The molecule has 0 unspecified atom stereocenters. The van der Waals surface area contributed by atoms with Crippen molar-refractivity contribution in [3.05, 3.63) is 120 Å². The number of urea groups is 1. The van der Waals surface area contributed by atoms with Crippen molar-refractivity contribution in [1.82, 2.24) is 9.80 Å². The molecular weight excluding hydrogens is 492 g/mol. The molecule has 1 heterocycles. The van der Waals surface area contributed by atoms with E-state index < -0.39 is 41.5 Å². The van der Waals surface area contributed by atoms with Gasteiger partial charge in [0.25, 0.3) is 11.8 Å². The van der Waals surface area contributed by atoms with Crippen LogP contribution in [0.4, 0.5) is 4.79 Å². The Labute approximate surface area is 226 Å². The Morgan fingerprint density at radius 1 is 0.744 bits per heavy atom. The summed E-state index contributed by atoms with van der Waals surface area (Å²) in [5.74, 6) is -2.21. The summed E-state index contributed by atoms with van der Waals surface area (Å²) in [6.45, 7) is 4.63. The van der Waals surface area contributed by atoms with Crippen LogP contribution in [0.3, 0.4) is 0 Å². The molecule has 1 aliphatic rings. The number of hydrogen-bond donors (Lipinski definition) is 0. The third-order valence-corrected chi connectivity index (χ3v) is 6.65. The van der Waals surface area contributed by atoms with Gasteiger partial charge in [0.15, 0.2) is 5.54 Å². The summed E-state index contributed by atoms with van der Waals surface area (Å²) in [7, 11) is 0. The first-order valence-corrected chi connectivity index (χ1v) is 12.7. The quantitative estimate of drug-likeness (QED) is 0.196. The summed E-state index contributed by atoms with van der Waals surface area (Å²) in [5.41, 5.74) is -1.47. The normalized spacial score (nSPS) is 15.1. The highest BCUT2D eigenvalue weighted by Gasteiger charge is 2.62. The number of rotatable bonds is 5. The molecule has 1 fully saturated rings. The Bertz CT molecular complexity index is 1530. The Morgan fingerprint density at radius 3 is 1.87 bits per heavy atom. The number of fused-ring (bicyclic) bond motifs is 1. The van der Waals surface area contributed by atoms with Crippen molar-refractivity contribution in [2.45, 2.75) is 31.9 Å². The summed E-state index contributed by atoms with van der Waals surface area (Å²) in [4.78, 5) is 57.6. The minimum Gasteiger partial charge on any atom is -0.459 e. The van der Waals surface area contributed by atoms with E-state index in [0.29, 0.717) is 21.4 Å². The van der Waals surface area contributed by atoms with Gasteiger partial charge >= 0.3 is 12.0 Å². The van der Waals surface area contributed by atoms with Crippen LogP contribution in [0, 0.1) is 0 Å². The van der Waals surface area contributed by atoms with Crippen molar-refractivity contribution in [2.24, 2.45) is 0 Å². The van der Waals surface area contributed by atoms with Gasteiger partial charge in [-0.25, -0.2) is 4.79 Å². The van der Waals surface area contributed by atoms with Crippen LogP contribution in [0.1, 0.15) is 42.3 Å². The van der Waals surface area contributed by atoms with Gasteiger partial charge in [-0.15, -0.1) is 0 Å². The third-order valence-electron chi connectivity index (χ3n) is 6.65. The predicted molar refractivity (Wildman–Crippen MR) is 147 cm³/mol. The monoisotopic (exact) mass is 520 g/mol. The van der Waals surface area contributed by atoms with E-state index in [-0.39, 0.29) is 5.56 Å². The second-order valence-electron chi connectivity index (χ2n) is 10.4. The first-order valence-electron chi connectivity index (χ1n) is 12.7. The Hall–Kier alpha value is -4.78. The highest BCUT2D eigenvalue weighted by Crippen LogP contribution is 2.44. The van der Waals surface area contributed by atoms with E-state index in [2.05, 4.69) is 0 Å². The number of carbonyl (C=O) groups is 4. The zero-order valence-corrected chi connectivity index (χ0v) is 22.0. The minimum atomic E-state index is -1.77. The van der Waals surface area contributed by atoms with E-state index in [0.717, 1.165) is 10.3 Å². The molecule has 4 aromatic carbocycles. The molecule has 7 heteroatoms. The Kier molecular flexibility index (Phi) is 6.52. The van der Waals surface area contributed by atoms with Crippen LogP contribution in [-0.2, 0) is 19.9 Å². The van der Waals surface area contributed by atoms with Crippen molar-refractivity contribution in [3.8, 4) is 0 Å². The maximum atomic E-state index is 14.6. The molecule has 0 aliphatic carbocycles. The van der Waals surface area contributed by atoms with E-state index in [9.17, 15) is 19.2 Å². The van der Waals surface area contributed by atoms with Crippen LogP contribution in [0.15, 0.2) is 103 Å². The number of imide groups is 3. The first kappa shape index (κ1) is 25.9. The topological polar surface area (TPSA) is 84.0 Å². The van der Waals surface area contributed by atoms with E-state index >= 15 is 0 Å². The fraction of sp³-hybridized carbons (Fsp3) is 0.188.